The van der Waals surface area contributed by atoms with E-state index >= 15 is 0 Å². The van der Waals surface area contributed by atoms with Gasteiger partial charge in [0.05, 0.1) is 11.0 Å². The van der Waals surface area contributed by atoms with Gasteiger partial charge in [0.15, 0.2) is 5.75 Å². The normalized spacial score (nSPS) is 13.1. The van der Waals surface area contributed by atoms with Gasteiger partial charge in [0.1, 0.15) is 0 Å². The van der Waals surface area contributed by atoms with Crippen molar-refractivity contribution in [3.63, 3.8) is 0 Å². The molecule has 0 N–H and O–H groups in total. The molecule has 2 rings (SSSR count). The molecule has 0 aliphatic heterocycles. The first kappa shape index (κ1) is 15.7. The van der Waals surface area contributed by atoms with Gasteiger partial charge in [0, 0.05) is 5.56 Å². The Kier molecular flexibility index (Phi) is 5.40. The van der Waals surface area contributed by atoms with Crippen molar-refractivity contribution in [1.29, 1.82) is 0 Å². The van der Waals surface area contributed by atoms with E-state index in [9.17, 15) is 18.7 Å². The smallest absolute Gasteiger partial charge is 0.545 e. The van der Waals surface area contributed by atoms with Crippen molar-refractivity contribution in [1.82, 2.24) is 0 Å². The van der Waals surface area contributed by atoms with Crippen LogP contribution in [0.25, 0.3) is 0 Å². The van der Waals surface area contributed by atoms with Gasteiger partial charge in [0.25, 0.3) is 0 Å². The van der Waals surface area contributed by atoms with Crippen LogP contribution in [0.3, 0.4) is 0 Å². The third-order valence-electron chi connectivity index (χ3n) is 2.72. The third kappa shape index (κ3) is 2.96. The molecule has 0 saturated heterocycles. The van der Waals surface area contributed by atoms with Gasteiger partial charge in [-0.25, -0.2) is 0 Å². The van der Waals surface area contributed by atoms with Gasteiger partial charge in [-0.1, -0.05) is 11.6 Å². The molecule has 3 nitrogen and oxygen atoms in total. The summed E-state index contributed by atoms with van der Waals surface area (Å²) in [4.78, 5) is 11.0. The minimum Gasteiger partial charge on any atom is -0.545 e. The van der Waals surface area contributed by atoms with E-state index in [-0.39, 0.29) is 40.1 Å². The molecule has 0 atom stereocenters. The number of fused-ring (bicyclic) bond motifs is 1. The molecule has 7 heteroatoms. The van der Waals surface area contributed by atoms with E-state index < -0.39 is 18.3 Å². The van der Waals surface area contributed by atoms with Crippen LogP contribution in [0.15, 0.2) is 6.07 Å². The number of ether oxygens (including phenoxy) is 1. The molecule has 1 aromatic rings. The average molecular weight is 285 g/mol. The molecule has 18 heavy (non-hydrogen) atoms. The SMILES string of the molecule is O=C([O-])c1c2c(cc(Cl)c1OC(F)F)CCC2.[Na+]. The van der Waals surface area contributed by atoms with E-state index in [1.54, 1.807) is 0 Å². The molecule has 0 bridgehead atoms. The van der Waals surface area contributed by atoms with Crippen molar-refractivity contribution in [2.45, 2.75) is 25.9 Å². The molecule has 0 aromatic heterocycles. The van der Waals surface area contributed by atoms with Crippen molar-refractivity contribution in [2.24, 2.45) is 0 Å². The Bertz CT molecular complexity index is 480. The number of aromatic carboxylic acids is 1. The minimum atomic E-state index is -3.12. The van der Waals surface area contributed by atoms with Crippen LogP contribution >= 0.6 is 11.6 Å². The van der Waals surface area contributed by atoms with Crippen molar-refractivity contribution < 1.29 is 53.0 Å². The maximum Gasteiger partial charge on any atom is 1.00 e. The Morgan fingerprint density at radius 1 is 1.44 bits per heavy atom. The zero-order valence-electron chi connectivity index (χ0n) is 9.63. The van der Waals surface area contributed by atoms with Crippen LogP contribution in [0.1, 0.15) is 27.9 Å². The van der Waals surface area contributed by atoms with Gasteiger partial charge in [-0.3, -0.25) is 0 Å². The van der Waals surface area contributed by atoms with E-state index in [1.165, 1.54) is 6.07 Å². The van der Waals surface area contributed by atoms with Crippen molar-refractivity contribution in [2.75, 3.05) is 0 Å². The van der Waals surface area contributed by atoms with Crippen LogP contribution in [0.5, 0.6) is 5.75 Å². The molecule has 92 valence electrons. The maximum atomic E-state index is 12.2. The Labute approximate surface area is 129 Å². The zero-order valence-corrected chi connectivity index (χ0v) is 12.4. The quantitative estimate of drug-likeness (QED) is 0.655. The molecule has 0 saturated carbocycles. The van der Waals surface area contributed by atoms with E-state index in [2.05, 4.69) is 4.74 Å². The van der Waals surface area contributed by atoms with Crippen LogP contribution in [0.4, 0.5) is 8.78 Å². The number of rotatable bonds is 3. The second kappa shape index (κ2) is 6.19. The first-order chi connectivity index (χ1) is 8.00. The number of carboxylic acid groups (broad SMARTS) is 1. The van der Waals surface area contributed by atoms with E-state index in [4.69, 9.17) is 11.6 Å². The van der Waals surface area contributed by atoms with Gasteiger partial charge in [-0.05, 0) is 36.5 Å². The first-order valence-corrected chi connectivity index (χ1v) is 5.39. The molecule has 0 unspecified atom stereocenters. The Hall–Kier alpha value is -0.360. The predicted molar refractivity (Wildman–Crippen MR) is 54.4 cm³/mol. The van der Waals surface area contributed by atoms with Crippen LogP contribution < -0.4 is 39.4 Å². The summed E-state index contributed by atoms with van der Waals surface area (Å²) in [6.45, 7) is -3.12. The minimum absolute atomic E-state index is 0. The fraction of sp³-hybridized carbons (Fsp3) is 0.364. The summed E-state index contributed by atoms with van der Waals surface area (Å²) in [6, 6.07) is 1.48. The topological polar surface area (TPSA) is 49.4 Å². The fourth-order valence-corrected chi connectivity index (χ4v) is 2.38. The maximum absolute atomic E-state index is 12.2. The van der Waals surface area contributed by atoms with Gasteiger partial charge in [-0.15, -0.1) is 0 Å². The van der Waals surface area contributed by atoms with Gasteiger partial charge in [0.2, 0.25) is 0 Å². The molecule has 0 radical (unpaired) electrons. The number of aryl methyl sites for hydroxylation is 1. The van der Waals surface area contributed by atoms with E-state index in [0.717, 1.165) is 12.0 Å². The van der Waals surface area contributed by atoms with Crippen molar-refractivity contribution in [3.05, 3.63) is 27.8 Å². The van der Waals surface area contributed by atoms with Crippen LogP contribution in [-0.4, -0.2) is 12.6 Å². The van der Waals surface area contributed by atoms with Crippen molar-refractivity contribution in [3.8, 4) is 5.75 Å². The summed E-state index contributed by atoms with van der Waals surface area (Å²) in [5.41, 5.74) is 0.908. The molecule has 0 fully saturated rings. The summed E-state index contributed by atoms with van der Waals surface area (Å²) in [5, 5.41) is 10.9. The first-order valence-electron chi connectivity index (χ1n) is 5.01. The van der Waals surface area contributed by atoms with Crippen LogP contribution in [-0.2, 0) is 12.8 Å². The molecule has 0 spiro atoms. The molecule has 1 aliphatic rings. The number of hydrogen-bond acceptors (Lipinski definition) is 3. The van der Waals surface area contributed by atoms with Gasteiger partial charge >= 0.3 is 36.2 Å². The largest absolute Gasteiger partial charge is 1.00 e. The number of halogens is 3. The number of carbonyl (C=O) groups is 1. The number of benzene rings is 1. The fourth-order valence-electron chi connectivity index (χ4n) is 2.11. The Balaban J connectivity index is 0.00000162. The van der Waals surface area contributed by atoms with Crippen LogP contribution in [0, 0.1) is 0 Å². The summed E-state index contributed by atoms with van der Waals surface area (Å²) < 4.78 is 28.6. The predicted octanol–water partition coefficient (Wildman–Crippen LogP) is -1.20. The standard InChI is InChI=1S/C11H9ClF2O3.Na/c12-7-4-5-2-1-3-6(5)8(10(15)16)9(7)17-11(13)14;/h4,11H,1-3H2,(H,15,16);/q;+1/p-1. The second-order valence-corrected chi connectivity index (χ2v) is 4.13. The van der Waals surface area contributed by atoms with E-state index in [0.29, 0.717) is 18.4 Å². The molecule has 1 aliphatic carbocycles. The van der Waals surface area contributed by atoms with Crippen molar-refractivity contribution >= 4 is 17.6 Å². The molecular weight excluding hydrogens is 277 g/mol. The van der Waals surface area contributed by atoms with Gasteiger partial charge < -0.3 is 14.6 Å². The molecule has 1 aromatic carbocycles. The monoisotopic (exact) mass is 284 g/mol. The van der Waals surface area contributed by atoms with Crippen LogP contribution in [0.2, 0.25) is 5.02 Å². The Morgan fingerprint density at radius 2 is 2.11 bits per heavy atom. The molecule has 0 amide bonds. The average Bonchev–Trinajstić information content (AvgIpc) is 2.64. The third-order valence-corrected chi connectivity index (χ3v) is 3.00. The van der Waals surface area contributed by atoms with E-state index in [1.807, 2.05) is 0 Å². The number of carbonyl (C=O) groups excluding carboxylic acids is 1. The Morgan fingerprint density at radius 3 is 2.67 bits per heavy atom. The number of carboxylic acids is 1. The molecular formula is C11H8ClF2NaO3. The number of hydrogen-bond donors (Lipinski definition) is 0. The number of alkyl halides is 2. The zero-order chi connectivity index (χ0) is 12.6. The molecule has 0 heterocycles. The summed E-state index contributed by atoms with van der Waals surface area (Å²) in [6.07, 6.45) is 1.96. The summed E-state index contributed by atoms with van der Waals surface area (Å²) in [7, 11) is 0. The summed E-state index contributed by atoms with van der Waals surface area (Å²) >= 11 is 5.75. The van der Waals surface area contributed by atoms with Gasteiger partial charge in [-0.2, -0.15) is 8.78 Å². The second-order valence-electron chi connectivity index (χ2n) is 3.72. The summed E-state index contributed by atoms with van der Waals surface area (Å²) in [5.74, 6) is -2.04.